The Morgan fingerprint density at radius 3 is 2.83 bits per heavy atom. The fraction of sp³-hybridized carbons (Fsp3) is 0.143. The van der Waals surface area contributed by atoms with Crippen molar-refractivity contribution in [2.75, 3.05) is 6.54 Å². The Labute approximate surface area is 116 Å². The first-order chi connectivity index (χ1) is 8.63. The standard InChI is InChI=1S/C14H13NOS2/c1-3-8-15-13(16)12(18-14(15)17)9-11-7-5-4-6-10(11)2/h3-7,9H,1,8H2,2H3/b12-9-. The Hall–Kier alpha value is -1.39. The van der Waals surface area contributed by atoms with Crippen LogP contribution in [0.3, 0.4) is 0 Å². The Balaban J connectivity index is 2.31. The number of carbonyl (C=O) groups is 1. The average Bonchev–Trinajstić information content (AvgIpc) is 2.60. The van der Waals surface area contributed by atoms with Crippen molar-refractivity contribution in [3.05, 3.63) is 53.0 Å². The lowest BCUT2D eigenvalue weighted by molar-refractivity contribution is -0.121. The van der Waals surface area contributed by atoms with E-state index in [1.165, 1.54) is 11.8 Å². The highest BCUT2D eigenvalue weighted by Gasteiger charge is 2.30. The molecule has 1 aliphatic heterocycles. The topological polar surface area (TPSA) is 20.3 Å². The number of thiocarbonyl (C=S) groups is 1. The van der Waals surface area contributed by atoms with E-state index in [4.69, 9.17) is 12.2 Å². The Bertz CT molecular complexity index is 548. The van der Waals surface area contributed by atoms with Gasteiger partial charge in [0.25, 0.3) is 5.91 Å². The summed E-state index contributed by atoms with van der Waals surface area (Å²) in [5, 5.41) is 0. The van der Waals surface area contributed by atoms with Crippen LogP contribution in [0.4, 0.5) is 0 Å². The van der Waals surface area contributed by atoms with Gasteiger partial charge in [-0.25, -0.2) is 0 Å². The third-order valence-corrected chi connectivity index (χ3v) is 4.04. The first kappa shape index (κ1) is 13.1. The molecule has 4 heteroatoms. The van der Waals surface area contributed by atoms with Crippen molar-refractivity contribution in [3.8, 4) is 0 Å². The SMILES string of the molecule is C=CCN1C(=O)/C(=C/c2ccccc2C)SC1=S. The van der Waals surface area contributed by atoms with Crippen molar-refractivity contribution < 1.29 is 4.79 Å². The Kier molecular flexibility index (Phi) is 3.99. The van der Waals surface area contributed by atoms with Gasteiger partial charge in [-0.2, -0.15) is 0 Å². The molecule has 1 saturated heterocycles. The molecular weight excluding hydrogens is 262 g/mol. The maximum absolute atomic E-state index is 12.1. The van der Waals surface area contributed by atoms with Gasteiger partial charge in [0.2, 0.25) is 0 Å². The first-order valence-corrected chi connectivity index (χ1v) is 6.78. The normalized spacial score (nSPS) is 17.6. The third-order valence-electron chi connectivity index (χ3n) is 2.66. The molecule has 0 N–H and O–H groups in total. The molecule has 92 valence electrons. The smallest absolute Gasteiger partial charge is 0.266 e. The summed E-state index contributed by atoms with van der Waals surface area (Å²) in [6, 6.07) is 7.96. The van der Waals surface area contributed by atoms with Crippen LogP contribution in [0.2, 0.25) is 0 Å². The zero-order chi connectivity index (χ0) is 13.1. The fourth-order valence-electron chi connectivity index (χ4n) is 1.68. The summed E-state index contributed by atoms with van der Waals surface area (Å²) in [6.45, 7) is 6.13. The molecule has 0 bridgehead atoms. The molecule has 2 nitrogen and oxygen atoms in total. The number of nitrogens with zero attached hydrogens (tertiary/aromatic N) is 1. The van der Waals surface area contributed by atoms with Crippen LogP contribution in [0.15, 0.2) is 41.8 Å². The van der Waals surface area contributed by atoms with E-state index in [0.717, 1.165) is 11.1 Å². The number of hydrogen-bond donors (Lipinski definition) is 0. The zero-order valence-electron chi connectivity index (χ0n) is 10.1. The Morgan fingerprint density at radius 2 is 2.17 bits per heavy atom. The number of benzene rings is 1. The molecule has 0 spiro atoms. The van der Waals surface area contributed by atoms with Gasteiger partial charge in [0, 0.05) is 6.54 Å². The van der Waals surface area contributed by atoms with Gasteiger partial charge in [-0.3, -0.25) is 9.69 Å². The zero-order valence-corrected chi connectivity index (χ0v) is 11.7. The predicted octanol–water partition coefficient (Wildman–Crippen LogP) is 3.38. The maximum Gasteiger partial charge on any atom is 0.266 e. The van der Waals surface area contributed by atoms with Crippen LogP contribution in [0, 0.1) is 6.92 Å². The molecular formula is C14H13NOS2. The second-order valence-electron chi connectivity index (χ2n) is 3.94. The van der Waals surface area contributed by atoms with Gasteiger partial charge < -0.3 is 0 Å². The molecule has 1 aliphatic rings. The van der Waals surface area contributed by atoms with Gasteiger partial charge in [0.05, 0.1) is 4.91 Å². The minimum atomic E-state index is -0.0341. The number of carbonyl (C=O) groups excluding carboxylic acids is 1. The van der Waals surface area contributed by atoms with Crippen LogP contribution in [0.1, 0.15) is 11.1 Å². The summed E-state index contributed by atoms with van der Waals surface area (Å²) in [7, 11) is 0. The largest absolute Gasteiger partial charge is 0.289 e. The molecule has 0 saturated carbocycles. The van der Waals surface area contributed by atoms with E-state index in [1.54, 1.807) is 11.0 Å². The summed E-state index contributed by atoms with van der Waals surface area (Å²) < 4.78 is 0.597. The van der Waals surface area contributed by atoms with E-state index in [1.807, 2.05) is 37.3 Å². The van der Waals surface area contributed by atoms with Crippen LogP contribution in [-0.2, 0) is 4.79 Å². The lowest BCUT2D eigenvalue weighted by atomic mass is 10.1. The van der Waals surface area contributed by atoms with Gasteiger partial charge in [0.15, 0.2) is 0 Å². The molecule has 0 unspecified atom stereocenters. The van der Waals surface area contributed by atoms with Crippen molar-refractivity contribution in [1.82, 2.24) is 4.90 Å². The van der Waals surface area contributed by atoms with Gasteiger partial charge >= 0.3 is 0 Å². The molecule has 18 heavy (non-hydrogen) atoms. The molecule has 1 aromatic carbocycles. The van der Waals surface area contributed by atoms with Crippen molar-refractivity contribution in [2.45, 2.75) is 6.92 Å². The van der Waals surface area contributed by atoms with Crippen LogP contribution in [-0.4, -0.2) is 21.7 Å². The number of rotatable bonds is 3. The highest BCUT2D eigenvalue weighted by atomic mass is 32.2. The van der Waals surface area contributed by atoms with E-state index in [-0.39, 0.29) is 5.91 Å². The minimum absolute atomic E-state index is 0.0341. The van der Waals surface area contributed by atoms with E-state index >= 15 is 0 Å². The summed E-state index contributed by atoms with van der Waals surface area (Å²) in [5.41, 5.74) is 2.20. The summed E-state index contributed by atoms with van der Waals surface area (Å²) in [5.74, 6) is -0.0341. The molecule has 1 aromatic rings. The quantitative estimate of drug-likeness (QED) is 0.479. The highest BCUT2D eigenvalue weighted by molar-refractivity contribution is 8.26. The molecule has 0 aliphatic carbocycles. The third kappa shape index (κ3) is 2.54. The Morgan fingerprint density at radius 1 is 1.44 bits per heavy atom. The molecule has 1 amide bonds. The predicted molar refractivity (Wildman–Crippen MR) is 81.3 cm³/mol. The number of aryl methyl sites for hydroxylation is 1. The van der Waals surface area contributed by atoms with E-state index < -0.39 is 0 Å². The van der Waals surface area contributed by atoms with Gasteiger partial charge in [0.1, 0.15) is 4.32 Å². The summed E-state index contributed by atoms with van der Waals surface area (Å²) in [6.07, 6.45) is 3.58. The van der Waals surface area contributed by atoms with Crippen molar-refractivity contribution in [3.63, 3.8) is 0 Å². The van der Waals surface area contributed by atoms with Gasteiger partial charge in [-0.05, 0) is 24.1 Å². The lowest BCUT2D eigenvalue weighted by Gasteiger charge is -2.10. The maximum atomic E-state index is 12.1. The lowest BCUT2D eigenvalue weighted by Crippen LogP contribution is -2.27. The molecule has 1 fully saturated rings. The fourth-order valence-corrected chi connectivity index (χ4v) is 2.94. The van der Waals surface area contributed by atoms with Crippen molar-refractivity contribution in [1.29, 1.82) is 0 Å². The van der Waals surface area contributed by atoms with Crippen molar-refractivity contribution >= 4 is 40.3 Å². The second-order valence-corrected chi connectivity index (χ2v) is 5.61. The molecule has 0 radical (unpaired) electrons. The van der Waals surface area contributed by atoms with Crippen LogP contribution >= 0.6 is 24.0 Å². The molecule has 1 heterocycles. The monoisotopic (exact) mass is 275 g/mol. The van der Waals surface area contributed by atoms with Crippen LogP contribution in [0.5, 0.6) is 0 Å². The number of thioether (sulfide) groups is 1. The highest BCUT2D eigenvalue weighted by Crippen LogP contribution is 2.32. The molecule has 0 atom stereocenters. The second kappa shape index (κ2) is 5.50. The summed E-state index contributed by atoms with van der Waals surface area (Å²) in [4.78, 5) is 14.4. The van der Waals surface area contributed by atoms with E-state index in [0.29, 0.717) is 15.8 Å². The molecule has 0 aromatic heterocycles. The van der Waals surface area contributed by atoms with Crippen LogP contribution < -0.4 is 0 Å². The van der Waals surface area contributed by atoms with E-state index in [9.17, 15) is 4.79 Å². The van der Waals surface area contributed by atoms with Crippen molar-refractivity contribution in [2.24, 2.45) is 0 Å². The summed E-state index contributed by atoms with van der Waals surface area (Å²) >= 11 is 6.53. The molecule has 2 rings (SSSR count). The number of amides is 1. The average molecular weight is 275 g/mol. The van der Waals surface area contributed by atoms with Gasteiger partial charge in [-0.1, -0.05) is 54.3 Å². The number of hydrogen-bond acceptors (Lipinski definition) is 3. The van der Waals surface area contributed by atoms with E-state index in [2.05, 4.69) is 6.58 Å². The first-order valence-electron chi connectivity index (χ1n) is 5.55. The minimum Gasteiger partial charge on any atom is -0.289 e. The van der Waals surface area contributed by atoms with Crippen LogP contribution in [0.25, 0.3) is 6.08 Å². The van der Waals surface area contributed by atoms with Gasteiger partial charge in [-0.15, -0.1) is 6.58 Å².